The molecule has 3 aliphatic rings. The van der Waals surface area contributed by atoms with Crippen LogP contribution in [0.5, 0.6) is 0 Å². The largest absolute Gasteiger partial charge is 0.304 e. The van der Waals surface area contributed by atoms with Crippen molar-refractivity contribution in [2.45, 2.75) is 57.2 Å². The summed E-state index contributed by atoms with van der Waals surface area (Å²) in [4.78, 5) is 8.09. The Hall–Kier alpha value is -0.120. The van der Waals surface area contributed by atoms with Crippen LogP contribution in [0.15, 0.2) is 0 Å². The number of hydrogen-bond acceptors (Lipinski definition) is 3. The van der Waals surface area contributed by atoms with Crippen molar-refractivity contribution in [3.05, 3.63) is 0 Å². The summed E-state index contributed by atoms with van der Waals surface area (Å²) in [6.07, 6.45) is 7.09. The van der Waals surface area contributed by atoms with Crippen LogP contribution in [0.2, 0.25) is 0 Å². The second-order valence-electron chi connectivity index (χ2n) is 6.69. The molecule has 0 saturated carbocycles. The zero-order valence-corrected chi connectivity index (χ0v) is 12.1. The van der Waals surface area contributed by atoms with Gasteiger partial charge >= 0.3 is 0 Å². The van der Waals surface area contributed by atoms with Gasteiger partial charge in [-0.1, -0.05) is 6.42 Å². The lowest BCUT2D eigenvalue weighted by molar-refractivity contribution is 0.00373. The minimum Gasteiger partial charge on any atom is -0.304 e. The lowest BCUT2D eigenvalue weighted by Gasteiger charge is -2.49. The van der Waals surface area contributed by atoms with E-state index in [0.717, 1.165) is 18.1 Å². The molecule has 3 fully saturated rings. The molecule has 3 rings (SSSR count). The van der Waals surface area contributed by atoms with Crippen molar-refractivity contribution < 1.29 is 0 Å². The molecule has 3 heteroatoms. The Morgan fingerprint density at radius 1 is 0.833 bits per heavy atom. The first-order valence-electron chi connectivity index (χ1n) is 7.92. The maximum absolute atomic E-state index is 2.82. The van der Waals surface area contributed by atoms with E-state index in [-0.39, 0.29) is 0 Å². The van der Waals surface area contributed by atoms with E-state index in [1.165, 1.54) is 64.8 Å². The molecular formula is C15H29N3. The van der Waals surface area contributed by atoms with Gasteiger partial charge < -0.3 is 4.90 Å². The van der Waals surface area contributed by atoms with Gasteiger partial charge in [-0.25, -0.2) is 0 Å². The fourth-order valence-electron chi connectivity index (χ4n) is 4.11. The van der Waals surface area contributed by atoms with Crippen molar-refractivity contribution >= 4 is 0 Å². The number of nitrogens with zero attached hydrogens (tertiary/aromatic N) is 3. The van der Waals surface area contributed by atoms with E-state index in [1.54, 1.807) is 0 Å². The molecule has 0 aromatic carbocycles. The van der Waals surface area contributed by atoms with Crippen molar-refractivity contribution in [2.75, 3.05) is 39.8 Å². The molecule has 3 atom stereocenters. The zero-order valence-electron chi connectivity index (χ0n) is 12.1. The van der Waals surface area contributed by atoms with Gasteiger partial charge in [-0.3, -0.25) is 9.80 Å². The van der Waals surface area contributed by atoms with E-state index in [4.69, 9.17) is 0 Å². The molecule has 3 unspecified atom stereocenters. The molecule has 3 saturated heterocycles. The summed E-state index contributed by atoms with van der Waals surface area (Å²) in [5.41, 5.74) is 0. The first-order chi connectivity index (χ1) is 8.74. The normalized spacial score (nSPS) is 40.7. The minimum absolute atomic E-state index is 0.771. The summed E-state index contributed by atoms with van der Waals surface area (Å²) in [6, 6.07) is 2.51. The predicted octanol–water partition coefficient (Wildman–Crippen LogP) is 1.64. The highest BCUT2D eigenvalue weighted by atomic mass is 15.3. The van der Waals surface area contributed by atoms with Gasteiger partial charge in [-0.05, 0) is 52.7 Å². The van der Waals surface area contributed by atoms with Crippen molar-refractivity contribution in [2.24, 2.45) is 0 Å². The van der Waals surface area contributed by atoms with Crippen LogP contribution >= 0.6 is 0 Å². The Labute approximate surface area is 112 Å². The molecule has 0 N–H and O–H groups in total. The Bertz CT molecular complexity index is 281. The smallest absolute Gasteiger partial charge is 0.0223 e. The SMILES string of the molecule is CC1CC(N2CCN3CCCCC3C2)CCN1C. The maximum Gasteiger partial charge on any atom is 0.0223 e. The summed E-state index contributed by atoms with van der Waals surface area (Å²) in [7, 11) is 2.28. The van der Waals surface area contributed by atoms with Gasteiger partial charge in [-0.2, -0.15) is 0 Å². The van der Waals surface area contributed by atoms with Gasteiger partial charge in [0.25, 0.3) is 0 Å². The number of rotatable bonds is 1. The van der Waals surface area contributed by atoms with Crippen LogP contribution in [0.4, 0.5) is 0 Å². The summed E-state index contributed by atoms with van der Waals surface area (Å²) in [5.74, 6) is 0. The van der Waals surface area contributed by atoms with Crippen molar-refractivity contribution in [1.29, 1.82) is 0 Å². The fourth-order valence-corrected chi connectivity index (χ4v) is 4.11. The molecule has 3 nitrogen and oxygen atoms in total. The molecular weight excluding hydrogens is 222 g/mol. The Morgan fingerprint density at radius 2 is 1.67 bits per heavy atom. The highest BCUT2D eigenvalue weighted by molar-refractivity contribution is 4.90. The number of hydrogen-bond donors (Lipinski definition) is 0. The van der Waals surface area contributed by atoms with Gasteiger partial charge in [0, 0.05) is 37.8 Å². The van der Waals surface area contributed by atoms with Crippen LogP contribution in [0, 0.1) is 0 Å². The van der Waals surface area contributed by atoms with Crippen LogP contribution in [0.1, 0.15) is 39.0 Å². The highest BCUT2D eigenvalue weighted by Crippen LogP contribution is 2.26. The second kappa shape index (κ2) is 5.48. The van der Waals surface area contributed by atoms with Gasteiger partial charge in [0.2, 0.25) is 0 Å². The Balaban J connectivity index is 1.57. The van der Waals surface area contributed by atoms with Gasteiger partial charge in [-0.15, -0.1) is 0 Å². The summed E-state index contributed by atoms with van der Waals surface area (Å²) >= 11 is 0. The lowest BCUT2D eigenvalue weighted by Crippen LogP contribution is -2.59. The highest BCUT2D eigenvalue weighted by Gasteiger charge is 2.34. The average molecular weight is 251 g/mol. The molecule has 0 spiro atoms. The van der Waals surface area contributed by atoms with Gasteiger partial charge in [0.05, 0.1) is 0 Å². The van der Waals surface area contributed by atoms with Gasteiger partial charge in [0.1, 0.15) is 0 Å². The Morgan fingerprint density at radius 3 is 2.50 bits per heavy atom. The first kappa shape index (κ1) is 12.9. The number of fused-ring (bicyclic) bond motifs is 1. The van der Waals surface area contributed by atoms with Crippen molar-refractivity contribution in [3.63, 3.8) is 0 Å². The summed E-state index contributed by atoms with van der Waals surface area (Å²) in [5, 5.41) is 0. The third kappa shape index (κ3) is 2.59. The van der Waals surface area contributed by atoms with E-state index in [1.807, 2.05) is 0 Å². The van der Waals surface area contributed by atoms with Crippen LogP contribution in [-0.4, -0.2) is 72.6 Å². The van der Waals surface area contributed by atoms with E-state index in [9.17, 15) is 0 Å². The monoisotopic (exact) mass is 251 g/mol. The maximum atomic E-state index is 2.82. The van der Waals surface area contributed by atoms with E-state index in [2.05, 4.69) is 28.7 Å². The topological polar surface area (TPSA) is 9.72 Å². The van der Waals surface area contributed by atoms with E-state index < -0.39 is 0 Å². The molecule has 0 aromatic heterocycles. The van der Waals surface area contributed by atoms with Crippen molar-refractivity contribution in [3.8, 4) is 0 Å². The predicted molar refractivity (Wildman–Crippen MR) is 75.9 cm³/mol. The second-order valence-corrected chi connectivity index (χ2v) is 6.69. The molecule has 0 aromatic rings. The lowest BCUT2D eigenvalue weighted by atomic mass is 9.93. The molecule has 0 amide bonds. The standard InChI is InChI=1S/C15H29N3/c1-13-11-14(6-8-16(13)2)18-10-9-17-7-4-3-5-15(17)12-18/h13-15H,3-12H2,1-2H3. The fraction of sp³-hybridized carbons (Fsp3) is 1.00. The molecule has 3 heterocycles. The third-order valence-corrected chi connectivity index (χ3v) is 5.57. The van der Waals surface area contributed by atoms with Crippen LogP contribution in [0.25, 0.3) is 0 Å². The van der Waals surface area contributed by atoms with Gasteiger partial charge in [0.15, 0.2) is 0 Å². The van der Waals surface area contributed by atoms with Crippen molar-refractivity contribution in [1.82, 2.24) is 14.7 Å². The van der Waals surface area contributed by atoms with Crippen LogP contribution in [0.3, 0.4) is 0 Å². The summed E-state index contributed by atoms with van der Waals surface area (Å²) in [6.45, 7) is 9.03. The third-order valence-electron chi connectivity index (χ3n) is 5.57. The quantitative estimate of drug-likeness (QED) is 0.701. The number of likely N-dealkylation sites (tertiary alicyclic amines) is 1. The zero-order chi connectivity index (χ0) is 12.5. The molecule has 104 valence electrons. The van der Waals surface area contributed by atoms with Crippen LogP contribution in [-0.2, 0) is 0 Å². The summed E-state index contributed by atoms with van der Waals surface area (Å²) < 4.78 is 0. The molecule has 3 aliphatic heterocycles. The molecule has 0 radical (unpaired) electrons. The first-order valence-corrected chi connectivity index (χ1v) is 7.92. The number of piperazine rings is 1. The van der Waals surface area contributed by atoms with E-state index >= 15 is 0 Å². The Kier molecular flexibility index (Phi) is 3.92. The van der Waals surface area contributed by atoms with Crippen LogP contribution < -0.4 is 0 Å². The molecule has 0 bridgehead atoms. The molecule has 18 heavy (non-hydrogen) atoms. The minimum atomic E-state index is 0.771. The molecule has 0 aliphatic carbocycles. The number of piperidine rings is 2. The average Bonchev–Trinajstić information content (AvgIpc) is 2.41. The van der Waals surface area contributed by atoms with E-state index in [0.29, 0.717) is 0 Å².